The molecule has 2 fully saturated rings. The molecule has 2 heterocycles. The van der Waals surface area contributed by atoms with Crippen molar-refractivity contribution >= 4 is 83.6 Å². The van der Waals surface area contributed by atoms with Crippen LogP contribution in [0.5, 0.6) is 0 Å². The van der Waals surface area contributed by atoms with Crippen molar-refractivity contribution in [2.45, 2.75) is 48.4 Å². The number of ketones is 1. The topological polar surface area (TPSA) is 93.6 Å². The van der Waals surface area contributed by atoms with E-state index >= 15 is 0 Å². The molecule has 230 valence electrons. The zero-order valence-electron chi connectivity index (χ0n) is 24.3. The first-order valence-corrected chi connectivity index (χ1v) is 17.0. The summed E-state index contributed by atoms with van der Waals surface area (Å²) in [5, 5.41) is 0.859. The quantitative estimate of drug-likeness (QED) is 0.0781. The Morgan fingerprint density at radius 1 is 0.933 bits per heavy atom. The van der Waals surface area contributed by atoms with Gasteiger partial charge < -0.3 is 4.74 Å². The summed E-state index contributed by atoms with van der Waals surface area (Å²) in [6.45, 7) is 1.93. The molecule has 5 unspecified atom stereocenters. The minimum Gasteiger partial charge on any atom is -0.450 e. The Kier molecular flexibility index (Phi) is 9.22. The highest BCUT2D eigenvalue weighted by Gasteiger charge is 2.52. The number of pyridine rings is 1. The maximum Gasteiger partial charge on any atom is 0.339 e. The van der Waals surface area contributed by atoms with E-state index in [-0.39, 0.29) is 44.7 Å². The zero-order valence-corrected chi connectivity index (χ0v) is 28.2. The number of hydrogen-bond acceptors (Lipinski definition) is 6. The number of esters is 1. The number of hydrogen-bond donors (Lipinski definition) is 0. The fourth-order valence-electron chi connectivity index (χ4n) is 6.15. The molecule has 1 saturated carbocycles. The normalized spacial score (nSPS) is 21.9. The van der Waals surface area contributed by atoms with Gasteiger partial charge in [0.15, 0.2) is 6.10 Å². The fourth-order valence-corrected chi connectivity index (χ4v) is 7.60. The van der Waals surface area contributed by atoms with E-state index in [1.54, 1.807) is 72.8 Å². The second-order valence-corrected chi connectivity index (χ2v) is 14.1. The Balaban J connectivity index is 1.32. The summed E-state index contributed by atoms with van der Waals surface area (Å²) in [7, 11) is 0. The number of rotatable bonds is 8. The lowest BCUT2D eigenvalue weighted by Crippen LogP contribution is -2.34. The number of carbonyl (C=O) groups is 4. The molecule has 10 heteroatoms. The standard InChI is InChI=1S/C35H29Br2ClN2O5/c1-2-7-30(32(41)20-8-4-3-5-9-20)45-35(44)25-18-29(39-31-22(25)10-6-11-28(31)38)19-12-14-21(15-13-19)40-33(42)23-16-26(36)27(37)17-24(23)34(40)43/h3-6,8-15,18,23-24,26-27,30H,2,7,16-17H2,1H3. The third kappa shape index (κ3) is 6.10. The van der Waals surface area contributed by atoms with Crippen LogP contribution in [0.25, 0.3) is 22.2 Å². The maximum atomic E-state index is 13.7. The van der Waals surface area contributed by atoms with Crippen LogP contribution in [-0.4, -0.2) is 44.3 Å². The number of fused-ring (bicyclic) bond motifs is 2. The van der Waals surface area contributed by atoms with Crippen LogP contribution in [0.1, 0.15) is 53.3 Å². The molecule has 1 aliphatic carbocycles. The molecule has 0 spiro atoms. The van der Waals surface area contributed by atoms with Gasteiger partial charge in [-0.1, -0.05) is 111 Å². The third-order valence-corrected chi connectivity index (χ3v) is 11.5. The number of nitrogens with zero attached hydrogens (tertiary/aromatic N) is 2. The van der Waals surface area contributed by atoms with Crippen molar-refractivity contribution < 1.29 is 23.9 Å². The number of aromatic nitrogens is 1. The Labute approximate surface area is 282 Å². The van der Waals surface area contributed by atoms with Crippen LogP contribution in [0.4, 0.5) is 5.69 Å². The number of amides is 2. The van der Waals surface area contributed by atoms with Crippen molar-refractivity contribution in [3.05, 3.63) is 95.0 Å². The van der Waals surface area contributed by atoms with Gasteiger partial charge in [0.25, 0.3) is 0 Å². The molecule has 2 amide bonds. The third-order valence-electron chi connectivity index (χ3n) is 8.49. The van der Waals surface area contributed by atoms with Gasteiger partial charge in [-0.2, -0.15) is 0 Å². The molecule has 45 heavy (non-hydrogen) atoms. The van der Waals surface area contributed by atoms with E-state index in [2.05, 4.69) is 31.9 Å². The monoisotopic (exact) mass is 750 g/mol. The average molecular weight is 753 g/mol. The molecule has 0 bridgehead atoms. The molecule has 7 nitrogen and oxygen atoms in total. The van der Waals surface area contributed by atoms with Gasteiger partial charge in [-0.05, 0) is 43.5 Å². The summed E-state index contributed by atoms with van der Waals surface area (Å²) in [4.78, 5) is 59.8. The van der Waals surface area contributed by atoms with Gasteiger partial charge in [0.05, 0.1) is 39.3 Å². The molecule has 6 rings (SSSR count). The predicted octanol–water partition coefficient (Wildman–Crippen LogP) is 8.19. The Morgan fingerprint density at radius 2 is 1.58 bits per heavy atom. The largest absolute Gasteiger partial charge is 0.450 e. The van der Waals surface area contributed by atoms with E-state index in [0.717, 1.165) is 0 Å². The Bertz CT molecular complexity index is 1770. The number of benzene rings is 3. The summed E-state index contributed by atoms with van der Waals surface area (Å²) < 4.78 is 5.86. The number of imide groups is 1. The number of halogens is 3. The first kappa shape index (κ1) is 31.6. The second-order valence-electron chi connectivity index (χ2n) is 11.4. The number of alkyl halides is 2. The molecule has 5 atom stereocenters. The molecule has 1 aromatic heterocycles. The van der Waals surface area contributed by atoms with Crippen LogP contribution < -0.4 is 4.90 Å². The molecule has 4 aromatic rings. The van der Waals surface area contributed by atoms with Crippen molar-refractivity contribution in [1.82, 2.24) is 4.98 Å². The van der Waals surface area contributed by atoms with E-state index < -0.39 is 12.1 Å². The number of anilines is 1. The lowest BCUT2D eigenvalue weighted by molar-refractivity contribution is -0.122. The Hall–Kier alpha value is -3.40. The van der Waals surface area contributed by atoms with Gasteiger partial charge in [0.2, 0.25) is 17.6 Å². The smallest absolute Gasteiger partial charge is 0.339 e. The summed E-state index contributed by atoms with van der Waals surface area (Å²) in [5.74, 6) is -1.99. The van der Waals surface area contributed by atoms with Gasteiger partial charge in [-0.3, -0.25) is 19.3 Å². The van der Waals surface area contributed by atoms with Crippen LogP contribution in [0.3, 0.4) is 0 Å². The molecule has 1 aliphatic heterocycles. The van der Waals surface area contributed by atoms with Gasteiger partial charge in [0.1, 0.15) is 0 Å². The minimum atomic E-state index is -0.950. The molecule has 3 aromatic carbocycles. The number of carbonyl (C=O) groups excluding carboxylic acids is 4. The molecular weight excluding hydrogens is 724 g/mol. The molecule has 2 aliphatic rings. The van der Waals surface area contributed by atoms with Crippen molar-refractivity contribution in [3.8, 4) is 11.3 Å². The highest BCUT2D eigenvalue weighted by Crippen LogP contribution is 2.44. The maximum absolute atomic E-state index is 13.7. The lowest BCUT2D eigenvalue weighted by atomic mass is 9.81. The van der Waals surface area contributed by atoms with Gasteiger partial charge in [-0.15, -0.1) is 0 Å². The van der Waals surface area contributed by atoms with Crippen LogP contribution in [0.15, 0.2) is 78.9 Å². The minimum absolute atomic E-state index is 0.123. The van der Waals surface area contributed by atoms with E-state index in [1.165, 1.54) is 4.90 Å². The number of Topliss-reactive ketones (excluding diaryl/α,β-unsaturated/α-hetero) is 1. The number of para-hydroxylation sites is 1. The zero-order chi connectivity index (χ0) is 31.8. The van der Waals surface area contributed by atoms with Crippen LogP contribution in [-0.2, 0) is 14.3 Å². The van der Waals surface area contributed by atoms with Crippen molar-refractivity contribution in [1.29, 1.82) is 0 Å². The van der Waals surface area contributed by atoms with Crippen LogP contribution >= 0.6 is 43.5 Å². The summed E-state index contributed by atoms with van der Waals surface area (Å²) in [6, 6.07) is 22.5. The van der Waals surface area contributed by atoms with Crippen LogP contribution in [0, 0.1) is 11.8 Å². The van der Waals surface area contributed by atoms with E-state index in [0.29, 0.717) is 64.1 Å². The van der Waals surface area contributed by atoms with Crippen LogP contribution in [0.2, 0.25) is 5.02 Å². The van der Waals surface area contributed by atoms with Gasteiger partial charge >= 0.3 is 5.97 Å². The first-order chi connectivity index (χ1) is 21.7. The summed E-state index contributed by atoms with van der Waals surface area (Å²) >= 11 is 13.8. The number of ether oxygens (including phenoxy) is 1. The SMILES string of the molecule is CCCC(OC(=O)c1cc(-c2ccc(N3C(=O)C4CC(Br)C(Br)CC4C3=O)cc2)nc2c(Cl)cccc12)C(=O)c1ccccc1. The van der Waals surface area contributed by atoms with Gasteiger partial charge in [-0.25, -0.2) is 9.78 Å². The van der Waals surface area contributed by atoms with E-state index in [1.807, 2.05) is 13.0 Å². The average Bonchev–Trinajstić information content (AvgIpc) is 3.28. The van der Waals surface area contributed by atoms with E-state index in [4.69, 9.17) is 21.3 Å². The molecule has 0 radical (unpaired) electrons. The summed E-state index contributed by atoms with van der Waals surface area (Å²) in [5.41, 5.74) is 2.70. The van der Waals surface area contributed by atoms with Gasteiger partial charge in [0, 0.05) is 26.2 Å². The first-order valence-electron chi connectivity index (χ1n) is 14.8. The molecule has 0 N–H and O–H groups in total. The highest BCUT2D eigenvalue weighted by atomic mass is 79.9. The fraction of sp³-hybridized carbons (Fsp3) is 0.286. The summed E-state index contributed by atoms with van der Waals surface area (Å²) in [6.07, 6.45) is 1.26. The predicted molar refractivity (Wildman–Crippen MR) is 181 cm³/mol. The Morgan fingerprint density at radius 3 is 2.20 bits per heavy atom. The van der Waals surface area contributed by atoms with Crippen molar-refractivity contribution in [3.63, 3.8) is 0 Å². The second kappa shape index (κ2) is 13.1. The van der Waals surface area contributed by atoms with Crippen molar-refractivity contribution in [2.24, 2.45) is 11.8 Å². The molecule has 1 saturated heterocycles. The van der Waals surface area contributed by atoms with Crippen molar-refractivity contribution in [2.75, 3.05) is 4.90 Å². The molecular formula is C35H29Br2ClN2O5. The highest BCUT2D eigenvalue weighted by molar-refractivity contribution is 9.12. The van der Waals surface area contributed by atoms with E-state index in [9.17, 15) is 19.2 Å². The lowest BCUT2D eigenvalue weighted by Gasteiger charge is -2.29.